The maximum absolute atomic E-state index is 12.4. The van der Waals surface area contributed by atoms with E-state index < -0.39 is 0 Å². The van der Waals surface area contributed by atoms with Gasteiger partial charge in [-0.15, -0.1) is 10.2 Å². The monoisotopic (exact) mass is 445 g/mol. The van der Waals surface area contributed by atoms with Gasteiger partial charge in [0.15, 0.2) is 11.0 Å². The molecule has 4 aromatic rings. The molecule has 2 amide bonds. The number of aromatic nitrogens is 3. The van der Waals surface area contributed by atoms with Crippen LogP contribution < -0.4 is 10.6 Å². The molecule has 1 heterocycles. The van der Waals surface area contributed by atoms with Crippen LogP contribution >= 0.6 is 11.8 Å². The average molecular weight is 446 g/mol. The summed E-state index contributed by atoms with van der Waals surface area (Å²) in [5, 5.41) is 16.9. The molecule has 0 saturated heterocycles. The van der Waals surface area contributed by atoms with Gasteiger partial charge in [-0.1, -0.05) is 59.8 Å². The molecule has 0 radical (unpaired) electrons. The second-order valence-electron chi connectivity index (χ2n) is 7.41. The number of carbonyl (C=O) groups excluding carboxylic acids is 2. The average Bonchev–Trinajstić information content (AvgIpc) is 3.15. The Balaban J connectivity index is 1.31. The minimum Gasteiger partial charge on any atom is -0.345 e. The van der Waals surface area contributed by atoms with Gasteiger partial charge in [-0.3, -0.25) is 9.59 Å². The first-order chi connectivity index (χ1) is 15.5. The second-order valence-corrected chi connectivity index (χ2v) is 8.35. The number of anilines is 1. The molecule has 0 unspecified atom stereocenters. The molecule has 2 N–H and O–H groups in total. The Morgan fingerprint density at radius 2 is 1.78 bits per heavy atom. The van der Waals surface area contributed by atoms with Crippen molar-refractivity contribution in [3.8, 4) is 0 Å². The second kappa shape index (κ2) is 9.65. The molecule has 7 nitrogen and oxygen atoms in total. The van der Waals surface area contributed by atoms with Crippen molar-refractivity contribution in [1.29, 1.82) is 0 Å². The van der Waals surface area contributed by atoms with Crippen molar-refractivity contribution in [2.45, 2.75) is 18.6 Å². The fraction of sp³-hybridized carbons (Fsp3) is 0.167. The molecule has 1 aromatic heterocycles. The molecule has 0 bridgehead atoms. The highest BCUT2D eigenvalue weighted by atomic mass is 32.2. The lowest BCUT2D eigenvalue weighted by Gasteiger charge is -2.08. The zero-order valence-electron chi connectivity index (χ0n) is 17.8. The SMILES string of the molecule is Cc1cccc(C(=O)NCc2nnc(SCC(=O)Nc3ccc4ccccc4c3)n2C)c1. The molecular formula is C24H23N5O2S. The number of nitrogens with zero attached hydrogens (tertiary/aromatic N) is 3. The van der Waals surface area contributed by atoms with Crippen molar-refractivity contribution in [2.24, 2.45) is 7.05 Å². The number of hydrogen-bond donors (Lipinski definition) is 2. The van der Waals surface area contributed by atoms with E-state index >= 15 is 0 Å². The van der Waals surface area contributed by atoms with Crippen LogP contribution in [0.2, 0.25) is 0 Å². The quantitative estimate of drug-likeness (QED) is 0.421. The summed E-state index contributed by atoms with van der Waals surface area (Å²) < 4.78 is 1.78. The third kappa shape index (κ3) is 5.15. The summed E-state index contributed by atoms with van der Waals surface area (Å²) in [5.41, 5.74) is 2.39. The van der Waals surface area contributed by atoms with Crippen LogP contribution in [0.15, 0.2) is 71.9 Å². The maximum Gasteiger partial charge on any atom is 0.251 e. The third-order valence-electron chi connectivity index (χ3n) is 4.98. The Bertz CT molecular complexity index is 1280. The Morgan fingerprint density at radius 3 is 2.59 bits per heavy atom. The standard InChI is InChI=1S/C24H23N5O2S/c1-16-6-5-9-19(12-16)23(31)25-14-21-27-28-24(29(21)2)32-15-22(30)26-20-11-10-17-7-3-4-8-18(17)13-20/h3-13H,14-15H2,1-2H3,(H,25,31)(H,26,30). The summed E-state index contributed by atoms with van der Waals surface area (Å²) in [4.78, 5) is 24.7. The molecule has 0 atom stereocenters. The third-order valence-corrected chi connectivity index (χ3v) is 6.00. The van der Waals surface area contributed by atoms with Gasteiger partial charge in [0.1, 0.15) is 0 Å². The van der Waals surface area contributed by atoms with Gasteiger partial charge in [0.05, 0.1) is 12.3 Å². The highest BCUT2D eigenvalue weighted by Crippen LogP contribution is 2.20. The summed E-state index contributed by atoms with van der Waals surface area (Å²) >= 11 is 1.30. The summed E-state index contributed by atoms with van der Waals surface area (Å²) in [5.74, 6) is 0.528. The number of amides is 2. The first-order valence-corrected chi connectivity index (χ1v) is 11.1. The van der Waals surface area contributed by atoms with Crippen LogP contribution in [0.3, 0.4) is 0 Å². The van der Waals surface area contributed by atoms with Crippen molar-refractivity contribution >= 4 is 40.0 Å². The van der Waals surface area contributed by atoms with Gasteiger partial charge in [0.25, 0.3) is 5.91 Å². The van der Waals surface area contributed by atoms with Gasteiger partial charge in [0.2, 0.25) is 5.91 Å². The number of nitrogens with one attached hydrogen (secondary N) is 2. The number of rotatable bonds is 7. The Labute approximate surface area is 190 Å². The predicted molar refractivity (Wildman–Crippen MR) is 127 cm³/mol. The highest BCUT2D eigenvalue weighted by molar-refractivity contribution is 7.99. The Morgan fingerprint density at radius 1 is 0.969 bits per heavy atom. The van der Waals surface area contributed by atoms with Crippen molar-refractivity contribution in [2.75, 3.05) is 11.1 Å². The van der Waals surface area contributed by atoms with Crippen LogP contribution in [0.1, 0.15) is 21.7 Å². The maximum atomic E-state index is 12.4. The number of benzene rings is 3. The summed E-state index contributed by atoms with van der Waals surface area (Å²) in [7, 11) is 1.82. The minimum absolute atomic E-state index is 0.123. The van der Waals surface area contributed by atoms with E-state index in [1.807, 2.05) is 74.6 Å². The van der Waals surface area contributed by atoms with Gasteiger partial charge < -0.3 is 15.2 Å². The lowest BCUT2D eigenvalue weighted by Crippen LogP contribution is -2.24. The van der Waals surface area contributed by atoms with E-state index in [4.69, 9.17) is 0 Å². The normalized spacial score (nSPS) is 10.8. The molecule has 8 heteroatoms. The molecule has 0 aliphatic rings. The van der Waals surface area contributed by atoms with E-state index in [0.717, 1.165) is 22.0 Å². The van der Waals surface area contributed by atoms with E-state index in [-0.39, 0.29) is 24.1 Å². The molecular weight excluding hydrogens is 422 g/mol. The van der Waals surface area contributed by atoms with E-state index in [0.29, 0.717) is 16.5 Å². The van der Waals surface area contributed by atoms with E-state index in [2.05, 4.69) is 20.8 Å². The van der Waals surface area contributed by atoms with Gasteiger partial charge in [-0.25, -0.2) is 0 Å². The Hall–Kier alpha value is -3.65. The molecule has 0 saturated carbocycles. The van der Waals surface area contributed by atoms with Gasteiger partial charge in [0, 0.05) is 18.3 Å². The van der Waals surface area contributed by atoms with Gasteiger partial charge in [-0.2, -0.15) is 0 Å². The number of aryl methyl sites for hydroxylation is 1. The van der Waals surface area contributed by atoms with Crippen LogP contribution in [-0.2, 0) is 18.4 Å². The van der Waals surface area contributed by atoms with E-state index in [9.17, 15) is 9.59 Å². The molecule has 0 aliphatic carbocycles. The molecule has 0 fully saturated rings. The number of fused-ring (bicyclic) bond motifs is 1. The van der Waals surface area contributed by atoms with E-state index in [1.54, 1.807) is 10.6 Å². The topological polar surface area (TPSA) is 88.9 Å². The first-order valence-electron chi connectivity index (χ1n) is 10.1. The van der Waals surface area contributed by atoms with Gasteiger partial charge in [-0.05, 0) is 42.0 Å². The fourth-order valence-corrected chi connectivity index (χ4v) is 4.00. The Kier molecular flexibility index (Phi) is 6.51. The first kappa shape index (κ1) is 21.6. The fourth-order valence-electron chi connectivity index (χ4n) is 3.27. The van der Waals surface area contributed by atoms with Gasteiger partial charge >= 0.3 is 0 Å². The number of carbonyl (C=O) groups is 2. The van der Waals surface area contributed by atoms with E-state index in [1.165, 1.54) is 11.8 Å². The van der Waals surface area contributed by atoms with Crippen molar-refractivity contribution < 1.29 is 9.59 Å². The van der Waals surface area contributed by atoms with Crippen molar-refractivity contribution in [3.05, 3.63) is 83.7 Å². The highest BCUT2D eigenvalue weighted by Gasteiger charge is 2.13. The molecule has 0 aliphatic heterocycles. The summed E-state index contributed by atoms with van der Waals surface area (Å²) in [6.07, 6.45) is 0. The minimum atomic E-state index is -0.166. The molecule has 32 heavy (non-hydrogen) atoms. The van der Waals surface area contributed by atoms with Crippen LogP contribution in [0.4, 0.5) is 5.69 Å². The lowest BCUT2D eigenvalue weighted by molar-refractivity contribution is -0.113. The van der Waals surface area contributed by atoms with Crippen molar-refractivity contribution in [1.82, 2.24) is 20.1 Å². The smallest absolute Gasteiger partial charge is 0.251 e. The largest absolute Gasteiger partial charge is 0.345 e. The summed E-state index contributed by atoms with van der Waals surface area (Å²) in [6, 6.07) is 21.2. The van der Waals surface area contributed by atoms with Crippen molar-refractivity contribution in [3.63, 3.8) is 0 Å². The number of thioether (sulfide) groups is 1. The van der Waals surface area contributed by atoms with Crippen LogP contribution in [0, 0.1) is 6.92 Å². The van der Waals surface area contributed by atoms with Crippen LogP contribution in [-0.4, -0.2) is 32.3 Å². The lowest BCUT2D eigenvalue weighted by atomic mass is 10.1. The number of hydrogen-bond acceptors (Lipinski definition) is 5. The summed E-state index contributed by atoms with van der Waals surface area (Å²) in [6.45, 7) is 2.19. The van der Waals surface area contributed by atoms with Crippen LogP contribution in [0.25, 0.3) is 10.8 Å². The zero-order chi connectivity index (χ0) is 22.5. The zero-order valence-corrected chi connectivity index (χ0v) is 18.6. The molecule has 0 spiro atoms. The molecule has 162 valence electrons. The molecule has 3 aromatic carbocycles. The predicted octanol–water partition coefficient (Wildman–Crippen LogP) is 3.94. The van der Waals surface area contributed by atoms with Crippen LogP contribution in [0.5, 0.6) is 0 Å². The molecule has 4 rings (SSSR count).